The van der Waals surface area contributed by atoms with Crippen molar-refractivity contribution < 1.29 is 80.2 Å². The van der Waals surface area contributed by atoms with Gasteiger partial charge in [-0.05, 0) is 37.5 Å². The van der Waals surface area contributed by atoms with Crippen molar-refractivity contribution >= 4 is 39.5 Å². The minimum atomic E-state index is -4.95. The van der Waals surface area contributed by atoms with Gasteiger partial charge in [-0.2, -0.15) is 0 Å². The minimum Gasteiger partial charge on any atom is -0.462 e. The van der Waals surface area contributed by atoms with Crippen molar-refractivity contribution in [3.8, 4) is 0 Å². The first-order chi connectivity index (χ1) is 44.9. The predicted molar refractivity (Wildman–Crippen MR) is 377 cm³/mol. The van der Waals surface area contributed by atoms with Gasteiger partial charge >= 0.3 is 39.5 Å². The summed E-state index contributed by atoms with van der Waals surface area (Å²) in [5, 5.41) is 10.6. The molecule has 0 aromatic heterocycles. The molecule has 0 aliphatic carbocycles. The number of unbranched alkanes of at least 4 members (excludes halogenated alkanes) is 43. The molecular formula is C74H144O17P2. The third kappa shape index (κ3) is 68.4. The Morgan fingerprint density at radius 2 is 0.495 bits per heavy atom. The third-order valence-corrected chi connectivity index (χ3v) is 19.1. The van der Waals surface area contributed by atoms with Gasteiger partial charge in [-0.25, -0.2) is 9.13 Å². The Morgan fingerprint density at radius 3 is 0.731 bits per heavy atom. The van der Waals surface area contributed by atoms with Gasteiger partial charge in [0.2, 0.25) is 0 Å². The Bertz CT molecular complexity index is 1800. The van der Waals surface area contributed by atoms with Crippen LogP contribution >= 0.6 is 15.6 Å². The quantitative estimate of drug-likeness (QED) is 0.0222. The number of phosphoric acid groups is 2. The molecule has 0 aromatic rings. The molecule has 0 rings (SSSR count). The van der Waals surface area contributed by atoms with Crippen LogP contribution in [0.1, 0.15) is 382 Å². The molecule has 0 heterocycles. The molecule has 0 spiro atoms. The molecule has 0 radical (unpaired) electrons. The van der Waals surface area contributed by atoms with Crippen LogP contribution in [-0.2, 0) is 65.4 Å². The second kappa shape index (κ2) is 66.0. The molecule has 19 heteroatoms. The van der Waals surface area contributed by atoms with E-state index in [-0.39, 0.29) is 25.7 Å². The highest BCUT2D eigenvalue weighted by Gasteiger charge is 2.30. The van der Waals surface area contributed by atoms with Gasteiger partial charge in [0.15, 0.2) is 12.2 Å². The van der Waals surface area contributed by atoms with Crippen molar-refractivity contribution in [2.24, 2.45) is 11.8 Å². The molecule has 5 atom stereocenters. The topological polar surface area (TPSA) is 237 Å². The molecular weight excluding hydrogens is 1220 g/mol. The Balaban J connectivity index is 5.17. The highest BCUT2D eigenvalue weighted by atomic mass is 31.2. The number of aliphatic hydroxyl groups excluding tert-OH is 1. The Morgan fingerprint density at radius 1 is 0.290 bits per heavy atom. The van der Waals surface area contributed by atoms with Gasteiger partial charge in [-0.15, -0.1) is 0 Å². The number of carbonyl (C=O) groups is 4. The van der Waals surface area contributed by atoms with Crippen LogP contribution in [0.4, 0.5) is 0 Å². The maximum Gasteiger partial charge on any atom is 0.472 e. The fourth-order valence-corrected chi connectivity index (χ4v) is 12.9. The molecule has 0 aliphatic rings. The van der Waals surface area contributed by atoms with E-state index in [1.807, 2.05) is 0 Å². The van der Waals surface area contributed by atoms with Crippen molar-refractivity contribution in [2.75, 3.05) is 39.6 Å². The molecule has 17 nitrogen and oxygen atoms in total. The second-order valence-corrected chi connectivity index (χ2v) is 30.5. The molecule has 0 bridgehead atoms. The normalized spacial score (nSPS) is 14.1. The van der Waals surface area contributed by atoms with Gasteiger partial charge in [-0.1, -0.05) is 330 Å². The van der Waals surface area contributed by atoms with Crippen molar-refractivity contribution in [1.82, 2.24) is 0 Å². The number of ether oxygens (including phenoxy) is 4. The van der Waals surface area contributed by atoms with E-state index in [0.717, 1.165) is 102 Å². The van der Waals surface area contributed by atoms with Crippen molar-refractivity contribution in [2.45, 2.75) is 400 Å². The lowest BCUT2D eigenvalue weighted by Gasteiger charge is -2.21. The summed E-state index contributed by atoms with van der Waals surface area (Å²) in [7, 11) is -9.90. The molecule has 2 unspecified atom stereocenters. The summed E-state index contributed by atoms with van der Waals surface area (Å²) >= 11 is 0. The molecule has 0 amide bonds. The van der Waals surface area contributed by atoms with E-state index in [9.17, 15) is 43.2 Å². The first-order valence-corrected chi connectivity index (χ1v) is 41.5. The summed E-state index contributed by atoms with van der Waals surface area (Å²) in [5.74, 6) is -0.582. The van der Waals surface area contributed by atoms with Gasteiger partial charge < -0.3 is 33.8 Å². The Kier molecular flexibility index (Phi) is 64.6. The van der Waals surface area contributed by atoms with Crippen LogP contribution in [0.15, 0.2) is 0 Å². The van der Waals surface area contributed by atoms with Crippen LogP contribution in [0.25, 0.3) is 0 Å². The Labute approximate surface area is 568 Å². The largest absolute Gasteiger partial charge is 0.472 e. The average molecular weight is 1370 g/mol. The molecule has 0 aliphatic heterocycles. The van der Waals surface area contributed by atoms with E-state index in [0.29, 0.717) is 25.7 Å². The van der Waals surface area contributed by atoms with Crippen LogP contribution in [0.2, 0.25) is 0 Å². The molecule has 93 heavy (non-hydrogen) atoms. The Hall–Kier alpha value is -1.94. The number of rotatable bonds is 73. The summed E-state index contributed by atoms with van der Waals surface area (Å²) in [6, 6.07) is 0. The van der Waals surface area contributed by atoms with Crippen LogP contribution < -0.4 is 0 Å². The van der Waals surface area contributed by atoms with E-state index in [1.54, 1.807) is 0 Å². The van der Waals surface area contributed by atoms with E-state index >= 15 is 0 Å². The van der Waals surface area contributed by atoms with Crippen molar-refractivity contribution in [3.63, 3.8) is 0 Å². The minimum absolute atomic E-state index is 0.105. The molecule has 0 aromatic carbocycles. The average Bonchev–Trinajstić information content (AvgIpc) is 2.19. The van der Waals surface area contributed by atoms with E-state index < -0.39 is 97.5 Å². The van der Waals surface area contributed by atoms with Gasteiger partial charge in [0.1, 0.15) is 19.3 Å². The monoisotopic (exact) mass is 1370 g/mol. The van der Waals surface area contributed by atoms with E-state index in [4.69, 9.17) is 37.0 Å². The van der Waals surface area contributed by atoms with Gasteiger partial charge in [0.05, 0.1) is 26.4 Å². The van der Waals surface area contributed by atoms with Gasteiger partial charge in [-0.3, -0.25) is 37.3 Å². The number of esters is 4. The molecule has 3 N–H and O–H groups in total. The summed E-state index contributed by atoms with van der Waals surface area (Å²) < 4.78 is 68.4. The number of carbonyl (C=O) groups excluding carboxylic acids is 4. The number of phosphoric ester groups is 2. The van der Waals surface area contributed by atoms with Crippen LogP contribution in [0.3, 0.4) is 0 Å². The van der Waals surface area contributed by atoms with E-state index in [1.165, 1.54) is 199 Å². The lowest BCUT2D eigenvalue weighted by atomic mass is 10.0. The second-order valence-electron chi connectivity index (χ2n) is 27.6. The van der Waals surface area contributed by atoms with Gasteiger partial charge in [0.25, 0.3) is 0 Å². The fraction of sp³-hybridized carbons (Fsp3) is 0.946. The first-order valence-electron chi connectivity index (χ1n) is 38.5. The summed E-state index contributed by atoms with van der Waals surface area (Å²) in [6.45, 7) is 9.55. The van der Waals surface area contributed by atoms with Crippen molar-refractivity contribution in [1.29, 1.82) is 0 Å². The molecule has 0 fully saturated rings. The lowest BCUT2D eigenvalue weighted by molar-refractivity contribution is -0.161. The third-order valence-electron chi connectivity index (χ3n) is 17.2. The first kappa shape index (κ1) is 91.1. The molecule has 552 valence electrons. The maximum absolute atomic E-state index is 13.1. The number of aliphatic hydroxyl groups is 1. The standard InChI is InChI=1S/C74H144O17P2/c1-7-9-11-13-15-17-18-28-32-39-45-51-57-72(77)85-63-69(90-73(78)58-52-46-40-33-29-26-24-22-20-19-21-23-25-27-31-36-42-48-54-66(3)4)64-88-92(80,81)86-60-68(75)61-87-93(82,83)89-65-70(62-84-71(76)56-50-44-38-30-16-14-12-10-8-2)91-74(79)59-53-47-41-35-34-37-43-49-55-67(5)6/h66-70,75H,7-65H2,1-6H3,(H,80,81)(H,82,83)/t68-,69-,70-/m1/s1. The zero-order valence-corrected chi connectivity index (χ0v) is 62.3. The summed E-state index contributed by atoms with van der Waals surface area (Å²) in [4.78, 5) is 72.6. The zero-order valence-electron chi connectivity index (χ0n) is 60.6. The van der Waals surface area contributed by atoms with Crippen LogP contribution in [0.5, 0.6) is 0 Å². The number of hydrogen-bond acceptors (Lipinski definition) is 15. The number of hydrogen-bond donors (Lipinski definition) is 3. The lowest BCUT2D eigenvalue weighted by Crippen LogP contribution is -2.30. The SMILES string of the molecule is CCCCCCCCCCCCCCC(=O)OC[C@H](COP(=O)(O)OC[C@@H](O)COP(=O)(O)OC[C@@H](COC(=O)CCCCCCCCCCC)OC(=O)CCCCCCCCCCC(C)C)OC(=O)CCCCCCCCCCCCCCCCCCCCC(C)C. The highest BCUT2D eigenvalue weighted by molar-refractivity contribution is 7.47. The van der Waals surface area contributed by atoms with Gasteiger partial charge in [0, 0.05) is 25.7 Å². The maximum atomic E-state index is 13.1. The van der Waals surface area contributed by atoms with Crippen LogP contribution in [-0.4, -0.2) is 96.7 Å². The van der Waals surface area contributed by atoms with Crippen LogP contribution in [0, 0.1) is 11.8 Å². The molecule has 0 saturated carbocycles. The van der Waals surface area contributed by atoms with Crippen molar-refractivity contribution in [3.05, 3.63) is 0 Å². The predicted octanol–water partition coefficient (Wildman–Crippen LogP) is 21.6. The zero-order chi connectivity index (χ0) is 68.6. The highest BCUT2D eigenvalue weighted by Crippen LogP contribution is 2.45. The summed E-state index contributed by atoms with van der Waals surface area (Å²) in [6.07, 6.45) is 52.8. The smallest absolute Gasteiger partial charge is 0.462 e. The molecule has 0 saturated heterocycles. The summed E-state index contributed by atoms with van der Waals surface area (Å²) in [5.41, 5.74) is 0. The fourth-order valence-electron chi connectivity index (χ4n) is 11.3. The van der Waals surface area contributed by atoms with E-state index in [2.05, 4.69) is 41.5 Å².